The fourth-order valence-electron chi connectivity index (χ4n) is 5.90. The molecule has 51 heavy (non-hydrogen) atoms. The number of nitrogens with zero attached hydrogens (tertiary/aromatic N) is 2. The van der Waals surface area contributed by atoms with Crippen LogP contribution in [0.4, 0.5) is 22.7 Å². The van der Waals surface area contributed by atoms with Gasteiger partial charge < -0.3 is 15.5 Å². The van der Waals surface area contributed by atoms with Crippen molar-refractivity contribution >= 4 is 91.9 Å². The Kier molecular flexibility index (Phi) is 14.1. The van der Waals surface area contributed by atoms with Crippen LogP contribution in [0.5, 0.6) is 0 Å². The van der Waals surface area contributed by atoms with Crippen LogP contribution in [0.2, 0.25) is 10.0 Å². The summed E-state index contributed by atoms with van der Waals surface area (Å²) < 4.78 is 27.6. The van der Waals surface area contributed by atoms with Crippen molar-refractivity contribution in [2.75, 3.05) is 36.0 Å². The Labute approximate surface area is 326 Å². The number of hydrogen-bond donors (Lipinski definition) is 2. The van der Waals surface area contributed by atoms with Gasteiger partial charge in [-0.3, -0.25) is 0 Å². The molecule has 0 spiro atoms. The molecular formula is C39H41Cl3N4O2S3. The molecule has 3 N–H and O–H groups in total. The van der Waals surface area contributed by atoms with Gasteiger partial charge in [-0.25, -0.2) is 13.1 Å². The Bertz CT molecular complexity index is 2050. The molecule has 0 atom stereocenters. The van der Waals surface area contributed by atoms with E-state index in [-0.39, 0.29) is 12.4 Å². The van der Waals surface area contributed by atoms with E-state index in [2.05, 4.69) is 69.1 Å². The Balaban J connectivity index is 0.000000209. The highest BCUT2D eigenvalue weighted by Crippen LogP contribution is 2.50. The largest absolute Gasteiger partial charge is 0.340 e. The Morgan fingerprint density at radius 2 is 1.10 bits per heavy atom. The summed E-state index contributed by atoms with van der Waals surface area (Å²) in [6.45, 7) is 4.85. The molecule has 5 aromatic rings. The van der Waals surface area contributed by atoms with Gasteiger partial charge in [-0.1, -0.05) is 88.7 Å². The van der Waals surface area contributed by atoms with Crippen molar-refractivity contribution in [3.63, 3.8) is 0 Å². The molecule has 0 aliphatic carbocycles. The zero-order valence-electron chi connectivity index (χ0n) is 28.2. The van der Waals surface area contributed by atoms with Crippen molar-refractivity contribution in [2.24, 2.45) is 5.73 Å². The molecule has 0 radical (unpaired) electrons. The van der Waals surface area contributed by atoms with Crippen LogP contribution in [0.1, 0.15) is 31.2 Å². The number of unbranched alkanes of at least 4 members (excludes halogenated alkanes) is 2. The van der Waals surface area contributed by atoms with Crippen molar-refractivity contribution in [2.45, 2.75) is 57.1 Å². The lowest BCUT2D eigenvalue weighted by Crippen LogP contribution is -2.26. The number of aryl methyl sites for hydroxylation is 1. The maximum Gasteiger partial charge on any atom is 0.240 e. The molecule has 0 unspecified atom stereocenters. The molecular weight excluding hydrogens is 759 g/mol. The number of nitrogens with one attached hydrogen (secondary N) is 1. The summed E-state index contributed by atoms with van der Waals surface area (Å²) in [7, 11) is -3.47. The summed E-state index contributed by atoms with van der Waals surface area (Å²) in [4.78, 5) is 9.91. The Hall–Kier alpha value is -2.86. The van der Waals surface area contributed by atoms with Gasteiger partial charge in [0.15, 0.2) is 0 Å². The molecule has 0 saturated carbocycles. The summed E-state index contributed by atoms with van der Waals surface area (Å²) in [6.07, 6.45) is 3.72. The lowest BCUT2D eigenvalue weighted by molar-refractivity contribution is 0.577. The minimum absolute atomic E-state index is 0. The van der Waals surface area contributed by atoms with Crippen LogP contribution in [0.25, 0.3) is 0 Å². The first-order valence-electron chi connectivity index (χ1n) is 16.7. The number of sulfonamides is 1. The minimum atomic E-state index is -3.47. The lowest BCUT2D eigenvalue weighted by atomic mass is 10.2. The predicted molar refractivity (Wildman–Crippen MR) is 219 cm³/mol. The quantitative estimate of drug-likeness (QED) is 0.129. The number of anilines is 4. The SMILES string of the molecule is Cc1ccc(S(=O)(=O)NCCCCN2c3ccccc3Sc3ccc(Cl)cc32)cc1.Cl.NCCCCN1c2ccccc2Sc2ccc(Cl)cc21. The van der Waals surface area contributed by atoms with E-state index in [1.165, 1.54) is 31.0 Å². The van der Waals surface area contributed by atoms with Gasteiger partial charge in [0.1, 0.15) is 0 Å². The molecule has 0 amide bonds. The number of benzene rings is 5. The Morgan fingerprint density at radius 1 is 0.627 bits per heavy atom. The number of rotatable bonds is 11. The summed E-state index contributed by atoms with van der Waals surface area (Å²) in [5.41, 5.74) is 11.4. The van der Waals surface area contributed by atoms with Gasteiger partial charge in [-0.05, 0) is 112 Å². The zero-order chi connectivity index (χ0) is 35.1. The van der Waals surface area contributed by atoms with E-state index >= 15 is 0 Å². The summed E-state index contributed by atoms with van der Waals surface area (Å²) in [5.74, 6) is 0. The highest BCUT2D eigenvalue weighted by atomic mass is 35.5. The number of nitrogens with two attached hydrogens (primary N) is 1. The molecule has 7 rings (SSSR count). The van der Waals surface area contributed by atoms with E-state index in [1.807, 2.05) is 61.2 Å². The molecule has 0 saturated heterocycles. The Morgan fingerprint density at radius 3 is 1.61 bits per heavy atom. The molecule has 6 nitrogen and oxygen atoms in total. The van der Waals surface area contributed by atoms with E-state index in [1.54, 1.807) is 23.9 Å². The van der Waals surface area contributed by atoms with Gasteiger partial charge in [0, 0.05) is 49.3 Å². The molecule has 268 valence electrons. The average Bonchev–Trinajstić information content (AvgIpc) is 3.11. The first-order valence-corrected chi connectivity index (χ1v) is 20.5. The molecule has 5 aromatic carbocycles. The third-order valence-corrected chi connectivity index (χ3v) is 12.7. The van der Waals surface area contributed by atoms with E-state index in [0.29, 0.717) is 16.5 Å². The van der Waals surface area contributed by atoms with Crippen molar-refractivity contribution < 1.29 is 8.42 Å². The molecule has 2 heterocycles. The first kappa shape index (κ1) is 39.3. The molecule has 12 heteroatoms. The third kappa shape index (κ3) is 9.77. The maximum atomic E-state index is 12.4. The summed E-state index contributed by atoms with van der Waals surface area (Å²) >= 11 is 16.0. The smallest absolute Gasteiger partial charge is 0.240 e. The number of hydrogen-bond acceptors (Lipinski definition) is 7. The molecule has 0 bridgehead atoms. The van der Waals surface area contributed by atoms with Gasteiger partial charge in [0.05, 0.1) is 27.6 Å². The van der Waals surface area contributed by atoms with E-state index in [0.717, 1.165) is 67.3 Å². The second-order valence-corrected chi connectivity index (χ2v) is 16.9. The lowest BCUT2D eigenvalue weighted by Gasteiger charge is -2.33. The topological polar surface area (TPSA) is 78.7 Å². The van der Waals surface area contributed by atoms with Crippen LogP contribution in [0.15, 0.2) is 134 Å². The van der Waals surface area contributed by atoms with Crippen molar-refractivity contribution in [3.8, 4) is 0 Å². The van der Waals surface area contributed by atoms with Crippen molar-refractivity contribution in [3.05, 3.63) is 125 Å². The van der Waals surface area contributed by atoms with Gasteiger partial charge in [-0.15, -0.1) is 12.4 Å². The number of para-hydroxylation sites is 2. The average molecular weight is 800 g/mol. The second kappa shape index (κ2) is 18.3. The monoisotopic (exact) mass is 798 g/mol. The van der Waals surface area contributed by atoms with E-state index in [4.69, 9.17) is 28.9 Å². The normalized spacial score (nSPS) is 12.8. The fourth-order valence-corrected chi connectivity index (χ4v) is 9.46. The van der Waals surface area contributed by atoms with Crippen LogP contribution < -0.4 is 20.3 Å². The minimum Gasteiger partial charge on any atom is -0.340 e. The standard InChI is InChI=1S/C23H23ClN2O2S2.C16H17ClN2S.ClH/c1-17-8-11-19(12-9-17)30(27,28)25-14-4-5-15-26-20-6-2-3-7-22(20)29-23-13-10-18(24)16-21(23)26;17-12-7-8-16-14(11-12)19(10-4-3-9-18)13-5-1-2-6-15(13)20-16;/h2-3,6-13,16,25H,4-5,14-15H2,1H3;1-2,5-8,11H,3-4,9-10,18H2;1H. The van der Waals surface area contributed by atoms with Gasteiger partial charge in [0.2, 0.25) is 10.0 Å². The predicted octanol–water partition coefficient (Wildman–Crippen LogP) is 11.1. The number of halogens is 3. The van der Waals surface area contributed by atoms with E-state index < -0.39 is 10.0 Å². The van der Waals surface area contributed by atoms with Gasteiger partial charge >= 0.3 is 0 Å². The zero-order valence-corrected chi connectivity index (χ0v) is 33.0. The summed E-state index contributed by atoms with van der Waals surface area (Å²) in [6, 6.07) is 35.8. The van der Waals surface area contributed by atoms with Gasteiger partial charge in [-0.2, -0.15) is 0 Å². The molecule has 2 aliphatic rings. The van der Waals surface area contributed by atoms with Crippen LogP contribution >= 0.6 is 59.1 Å². The van der Waals surface area contributed by atoms with E-state index in [9.17, 15) is 8.42 Å². The van der Waals surface area contributed by atoms with Crippen molar-refractivity contribution in [1.29, 1.82) is 0 Å². The van der Waals surface area contributed by atoms with Crippen LogP contribution in [0, 0.1) is 6.92 Å². The first-order chi connectivity index (χ1) is 24.2. The molecule has 2 aliphatic heterocycles. The van der Waals surface area contributed by atoms with Crippen LogP contribution in [-0.4, -0.2) is 34.6 Å². The third-order valence-electron chi connectivity index (χ3n) is 8.44. The number of fused-ring (bicyclic) bond motifs is 4. The fraction of sp³-hybridized carbons (Fsp3) is 0.231. The van der Waals surface area contributed by atoms with Crippen LogP contribution in [-0.2, 0) is 10.0 Å². The molecule has 0 aromatic heterocycles. The summed E-state index contributed by atoms with van der Waals surface area (Å²) in [5, 5.41) is 1.50. The highest BCUT2D eigenvalue weighted by molar-refractivity contribution is 8.00. The van der Waals surface area contributed by atoms with Crippen molar-refractivity contribution in [1.82, 2.24) is 4.72 Å². The highest BCUT2D eigenvalue weighted by Gasteiger charge is 2.24. The van der Waals surface area contributed by atoms with Crippen LogP contribution in [0.3, 0.4) is 0 Å². The van der Waals surface area contributed by atoms with Gasteiger partial charge in [0.25, 0.3) is 0 Å². The maximum absolute atomic E-state index is 12.4. The second-order valence-electron chi connectivity index (χ2n) is 12.1. The molecule has 0 fully saturated rings.